The van der Waals surface area contributed by atoms with Crippen molar-refractivity contribution in [3.63, 3.8) is 0 Å². The van der Waals surface area contributed by atoms with Gasteiger partial charge in [0, 0.05) is 12.6 Å². The predicted molar refractivity (Wildman–Crippen MR) is 127 cm³/mol. The van der Waals surface area contributed by atoms with Crippen LogP contribution in [0.3, 0.4) is 0 Å². The molecule has 2 aromatic carbocycles. The SMILES string of the molecule is CC(CC1CCCCC1)NCc1ccccc1NS(=O)(=O)c1nc2ccccc2c(=O)[nH]1. The third kappa shape index (κ3) is 5.37. The number of nitrogens with zero attached hydrogens (tertiary/aromatic N) is 1. The minimum absolute atomic E-state index is 0.336. The highest BCUT2D eigenvalue weighted by atomic mass is 32.2. The van der Waals surface area contributed by atoms with Crippen molar-refractivity contribution in [3.05, 3.63) is 64.4 Å². The van der Waals surface area contributed by atoms with Crippen LogP contribution in [0.25, 0.3) is 10.9 Å². The molecule has 0 bridgehead atoms. The normalized spacial score (nSPS) is 16.2. The Labute approximate surface area is 188 Å². The molecule has 7 nitrogen and oxygen atoms in total. The van der Waals surface area contributed by atoms with Crippen LogP contribution in [0.4, 0.5) is 5.69 Å². The second-order valence-electron chi connectivity index (χ2n) is 8.67. The maximum atomic E-state index is 13.0. The number of nitrogens with one attached hydrogen (secondary N) is 3. The molecule has 0 radical (unpaired) electrons. The van der Waals surface area contributed by atoms with Crippen LogP contribution < -0.4 is 15.6 Å². The first-order valence-electron chi connectivity index (χ1n) is 11.3. The van der Waals surface area contributed by atoms with Gasteiger partial charge in [0.15, 0.2) is 0 Å². The Morgan fingerprint density at radius 1 is 1.06 bits per heavy atom. The summed E-state index contributed by atoms with van der Waals surface area (Å²) in [4.78, 5) is 18.9. The zero-order valence-corrected chi connectivity index (χ0v) is 19.1. The van der Waals surface area contributed by atoms with Crippen LogP contribution in [0.5, 0.6) is 0 Å². The van der Waals surface area contributed by atoms with E-state index < -0.39 is 20.7 Å². The van der Waals surface area contributed by atoms with Gasteiger partial charge in [-0.1, -0.05) is 62.4 Å². The Morgan fingerprint density at radius 3 is 2.59 bits per heavy atom. The molecule has 1 saturated carbocycles. The summed E-state index contributed by atoms with van der Waals surface area (Å²) in [6.45, 7) is 2.74. The molecule has 3 N–H and O–H groups in total. The van der Waals surface area contributed by atoms with E-state index in [9.17, 15) is 13.2 Å². The summed E-state index contributed by atoms with van der Waals surface area (Å²) < 4.78 is 28.6. The smallest absolute Gasteiger partial charge is 0.295 e. The molecule has 0 spiro atoms. The molecule has 0 aliphatic heterocycles. The van der Waals surface area contributed by atoms with Crippen molar-refractivity contribution < 1.29 is 8.42 Å². The first-order valence-corrected chi connectivity index (χ1v) is 12.7. The summed E-state index contributed by atoms with van der Waals surface area (Å²) in [5.41, 5.74) is 1.17. The highest BCUT2D eigenvalue weighted by Gasteiger charge is 2.21. The third-order valence-electron chi connectivity index (χ3n) is 6.16. The molecule has 1 aliphatic carbocycles. The first-order chi connectivity index (χ1) is 15.4. The van der Waals surface area contributed by atoms with E-state index in [1.54, 1.807) is 36.4 Å². The van der Waals surface area contributed by atoms with Gasteiger partial charge in [-0.3, -0.25) is 14.5 Å². The second kappa shape index (κ2) is 9.83. The van der Waals surface area contributed by atoms with E-state index >= 15 is 0 Å². The number of aromatic nitrogens is 2. The van der Waals surface area contributed by atoms with E-state index in [0.717, 1.165) is 17.9 Å². The zero-order chi connectivity index (χ0) is 22.6. The number of hydrogen-bond donors (Lipinski definition) is 3. The van der Waals surface area contributed by atoms with E-state index in [-0.39, 0.29) is 0 Å². The average molecular weight is 455 g/mol. The molecule has 1 unspecified atom stereocenters. The lowest BCUT2D eigenvalue weighted by atomic mass is 9.85. The Balaban J connectivity index is 1.48. The predicted octanol–water partition coefficient (Wildman–Crippen LogP) is 4.17. The van der Waals surface area contributed by atoms with Crippen molar-refractivity contribution in [1.82, 2.24) is 15.3 Å². The number of H-pyrrole nitrogens is 1. The average Bonchev–Trinajstić information content (AvgIpc) is 2.79. The summed E-state index contributed by atoms with van der Waals surface area (Å²) >= 11 is 0. The number of anilines is 1. The molecule has 1 aromatic heterocycles. The van der Waals surface area contributed by atoms with E-state index in [1.807, 2.05) is 12.1 Å². The van der Waals surface area contributed by atoms with E-state index in [4.69, 9.17) is 0 Å². The van der Waals surface area contributed by atoms with Gasteiger partial charge in [0.1, 0.15) is 0 Å². The van der Waals surface area contributed by atoms with Gasteiger partial charge in [-0.05, 0) is 43.0 Å². The Bertz CT molecular complexity index is 1230. The van der Waals surface area contributed by atoms with Crippen molar-refractivity contribution in [2.24, 2.45) is 5.92 Å². The van der Waals surface area contributed by atoms with Crippen LogP contribution in [0, 0.1) is 5.92 Å². The number of fused-ring (bicyclic) bond motifs is 1. The molecule has 1 atom stereocenters. The van der Waals surface area contributed by atoms with Crippen molar-refractivity contribution in [2.75, 3.05) is 4.72 Å². The Hall–Kier alpha value is -2.71. The number of sulfonamides is 1. The lowest BCUT2D eigenvalue weighted by molar-refractivity contribution is 0.305. The van der Waals surface area contributed by atoms with Gasteiger partial charge in [0.25, 0.3) is 15.6 Å². The largest absolute Gasteiger partial charge is 0.310 e. The molecular weight excluding hydrogens is 424 g/mol. The number of para-hydroxylation sites is 2. The van der Waals surface area contributed by atoms with Crippen molar-refractivity contribution in [1.29, 1.82) is 0 Å². The van der Waals surface area contributed by atoms with Crippen LogP contribution in [0.2, 0.25) is 0 Å². The number of hydrogen-bond acceptors (Lipinski definition) is 5. The number of benzene rings is 2. The summed E-state index contributed by atoms with van der Waals surface area (Å²) in [7, 11) is -4.06. The number of aromatic amines is 1. The Kier molecular flexibility index (Phi) is 6.91. The highest BCUT2D eigenvalue weighted by Crippen LogP contribution is 2.27. The maximum absolute atomic E-state index is 13.0. The lowest BCUT2D eigenvalue weighted by Crippen LogP contribution is -2.29. The quantitative estimate of drug-likeness (QED) is 0.443. The van der Waals surface area contributed by atoms with Crippen molar-refractivity contribution in [3.8, 4) is 0 Å². The fourth-order valence-corrected chi connectivity index (χ4v) is 5.48. The van der Waals surface area contributed by atoms with Gasteiger partial charge in [-0.25, -0.2) is 4.98 Å². The molecule has 1 aliphatic rings. The highest BCUT2D eigenvalue weighted by molar-refractivity contribution is 7.92. The van der Waals surface area contributed by atoms with Crippen LogP contribution in [-0.4, -0.2) is 24.4 Å². The van der Waals surface area contributed by atoms with Gasteiger partial charge in [0.05, 0.1) is 16.6 Å². The van der Waals surface area contributed by atoms with Gasteiger partial charge in [0.2, 0.25) is 5.16 Å². The van der Waals surface area contributed by atoms with Crippen LogP contribution in [0.15, 0.2) is 58.5 Å². The van der Waals surface area contributed by atoms with Gasteiger partial charge >= 0.3 is 0 Å². The van der Waals surface area contributed by atoms with Crippen LogP contribution >= 0.6 is 0 Å². The molecular formula is C24H30N4O3S. The molecule has 3 aromatic rings. The molecule has 0 amide bonds. The minimum atomic E-state index is -4.06. The fourth-order valence-electron chi connectivity index (χ4n) is 4.45. The summed E-state index contributed by atoms with van der Waals surface area (Å²) in [6.07, 6.45) is 7.75. The van der Waals surface area contributed by atoms with Gasteiger partial charge in [-0.15, -0.1) is 0 Å². The molecule has 1 fully saturated rings. The molecule has 8 heteroatoms. The van der Waals surface area contributed by atoms with Crippen LogP contribution in [-0.2, 0) is 16.6 Å². The van der Waals surface area contributed by atoms with Crippen molar-refractivity contribution in [2.45, 2.75) is 63.2 Å². The first kappa shape index (κ1) is 22.5. The molecule has 0 saturated heterocycles. The lowest BCUT2D eigenvalue weighted by Gasteiger charge is -2.25. The summed E-state index contributed by atoms with van der Waals surface area (Å²) in [6, 6.07) is 14.3. The van der Waals surface area contributed by atoms with Crippen LogP contribution in [0.1, 0.15) is 51.0 Å². The molecule has 1 heterocycles. The second-order valence-corrected chi connectivity index (χ2v) is 10.3. The summed E-state index contributed by atoms with van der Waals surface area (Å²) in [5.74, 6) is 0.774. The van der Waals surface area contributed by atoms with Gasteiger partial charge < -0.3 is 5.32 Å². The zero-order valence-electron chi connectivity index (χ0n) is 18.3. The summed E-state index contributed by atoms with van der Waals surface area (Å²) in [5, 5.41) is 3.49. The molecule has 4 rings (SSSR count). The molecule has 32 heavy (non-hydrogen) atoms. The monoisotopic (exact) mass is 454 g/mol. The Morgan fingerprint density at radius 2 is 1.78 bits per heavy atom. The maximum Gasteiger partial charge on any atom is 0.295 e. The number of rotatable bonds is 8. The van der Waals surface area contributed by atoms with E-state index in [0.29, 0.717) is 29.2 Å². The molecule has 170 valence electrons. The van der Waals surface area contributed by atoms with Gasteiger partial charge in [-0.2, -0.15) is 8.42 Å². The van der Waals surface area contributed by atoms with E-state index in [1.165, 1.54) is 32.1 Å². The van der Waals surface area contributed by atoms with E-state index in [2.05, 4.69) is 26.9 Å². The fraction of sp³-hybridized carbons (Fsp3) is 0.417. The van der Waals surface area contributed by atoms with Crippen molar-refractivity contribution >= 4 is 26.6 Å². The topological polar surface area (TPSA) is 104 Å². The third-order valence-corrected chi connectivity index (χ3v) is 7.35. The minimum Gasteiger partial charge on any atom is -0.310 e. The standard InChI is InChI=1S/C24H30N4O3S/c1-17(15-18-9-3-2-4-10-18)25-16-19-11-5-7-13-21(19)28-32(30,31)24-26-22-14-8-6-12-20(22)23(29)27-24/h5-8,11-14,17-18,25,28H,2-4,9-10,15-16H2,1H3,(H,26,27,29).